The van der Waals surface area contributed by atoms with Crippen LogP contribution < -0.4 is 10.1 Å². The summed E-state index contributed by atoms with van der Waals surface area (Å²) in [6, 6.07) is 12.3. The second-order valence-electron chi connectivity index (χ2n) is 6.18. The Balaban J connectivity index is 1.65. The highest BCUT2D eigenvalue weighted by Gasteiger charge is 2.26. The third-order valence-electron chi connectivity index (χ3n) is 4.46. The van der Waals surface area contributed by atoms with Gasteiger partial charge in [-0.25, -0.2) is 9.78 Å². The molecule has 1 aliphatic heterocycles. The molecule has 1 atom stereocenters. The minimum atomic E-state index is -0.970. The molecule has 1 aromatic heterocycles. The van der Waals surface area contributed by atoms with Crippen LogP contribution in [0, 0.1) is 0 Å². The molecule has 1 aromatic carbocycles. The Morgan fingerprint density at radius 1 is 1.36 bits per heavy atom. The van der Waals surface area contributed by atoms with Gasteiger partial charge in [-0.05, 0) is 54.8 Å². The van der Waals surface area contributed by atoms with Crippen molar-refractivity contribution in [2.75, 3.05) is 25.5 Å². The van der Waals surface area contributed by atoms with E-state index in [0.29, 0.717) is 11.8 Å². The summed E-state index contributed by atoms with van der Waals surface area (Å²) in [6.45, 7) is 1.61. The number of rotatable bonds is 7. The van der Waals surface area contributed by atoms with E-state index in [-0.39, 0.29) is 6.61 Å². The SMILES string of the molecule is CNc1cc(C2CCCN2Cc2ccc(OCC(=O)O)cc2)ccn1. The van der Waals surface area contributed by atoms with Crippen LogP contribution in [0.15, 0.2) is 42.6 Å². The lowest BCUT2D eigenvalue weighted by atomic mass is 10.1. The number of carboxylic acids is 1. The van der Waals surface area contributed by atoms with Gasteiger partial charge in [0.1, 0.15) is 11.6 Å². The molecule has 0 bridgehead atoms. The van der Waals surface area contributed by atoms with Gasteiger partial charge < -0.3 is 15.2 Å². The van der Waals surface area contributed by atoms with Crippen molar-refractivity contribution in [1.29, 1.82) is 0 Å². The van der Waals surface area contributed by atoms with Gasteiger partial charge in [0.25, 0.3) is 0 Å². The Bertz CT molecular complexity index is 718. The third kappa shape index (κ3) is 4.48. The van der Waals surface area contributed by atoms with Gasteiger partial charge in [0, 0.05) is 25.8 Å². The van der Waals surface area contributed by atoms with Gasteiger partial charge in [0.2, 0.25) is 0 Å². The summed E-state index contributed by atoms with van der Waals surface area (Å²) in [7, 11) is 1.88. The van der Waals surface area contributed by atoms with Gasteiger partial charge >= 0.3 is 5.97 Å². The molecule has 0 aliphatic carbocycles. The summed E-state index contributed by atoms with van der Waals surface area (Å²) in [4.78, 5) is 17.3. The second-order valence-corrected chi connectivity index (χ2v) is 6.18. The van der Waals surface area contributed by atoms with Crippen LogP contribution in [-0.4, -0.2) is 41.2 Å². The molecule has 132 valence electrons. The largest absolute Gasteiger partial charge is 0.482 e. The van der Waals surface area contributed by atoms with E-state index in [9.17, 15) is 4.79 Å². The van der Waals surface area contributed by atoms with Crippen molar-refractivity contribution in [2.45, 2.75) is 25.4 Å². The van der Waals surface area contributed by atoms with Crippen LogP contribution in [0.25, 0.3) is 0 Å². The smallest absolute Gasteiger partial charge is 0.341 e. The molecule has 0 amide bonds. The predicted molar refractivity (Wildman–Crippen MR) is 95.7 cm³/mol. The van der Waals surface area contributed by atoms with Gasteiger partial charge in [-0.2, -0.15) is 0 Å². The molecule has 6 nitrogen and oxygen atoms in total. The Labute approximate surface area is 147 Å². The number of ether oxygens (including phenoxy) is 1. The molecule has 1 aliphatic rings. The molecule has 1 unspecified atom stereocenters. The Hall–Kier alpha value is -2.60. The minimum Gasteiger partial charge on any atom is -0.482 e. The minimum absolute atomic E-state index is 0.316. The second kappa shape index (κ2) is 7.98. The zero-order valence-corrected chi connectivity index (χ0v) is 14.3. The average Bonchev–Trinajstić information content (AvgIpc) is 3.09. The van der Waals surface area contributed by atoms with Gasteiger partial charge in [-0.3, -0.25) is 4.90 Å². The lowest BCUT2D eigenvalue weighted by Gasteiger charge is -2.25. The maximum atomic E-state index is 10.5. The van der Waals surface area contributed by atoms with E-state index in [1.54, 1.807) is 0 Å². The highest BCUT2D eigenvalue weighted by molar-refractivity contribution is 5.68. The monoisotopic (exact) mass is 341 g/mol. The quantitative estimate of drug-likeness (QED) is 0.806. The predicted octanol–water partition coefficient (Wildman–Crippen LogP) is 2.92. The molecule has 0 spiro atoms. The molecule has 1 saturated heterocycles. The first-order chi connectivity index (χ1) is 12.2. The summed E-state index contributed by atoms with van der Waals surface area (Å²) >= 11 is 0. The summed E-state index contributed by atoms with van der Waals surface area (Å²) in [5, 5.41) is 11.7. The highest BCUT2D eigenvalue weighted by Crippen LogP contribution is 2.33. The van der Waals surface area contributed by atoms with E-state index in [1.807, 2.05) is 37.5 Å². The number of pyridine rings is 1. The first-order valence-corrected chi connectivity index (χ1v) is 8.47. The number of aliphatic carboxylic acids is 1. The average molecular weight is 341 g/mol. The molecule has 2 N–H and O–H groups in total. The van der Waals surface area contributed by atoms with Crippen molar-refractivity contribution < 1.29 is 14.6 Å². The first kappa shape index (κ1) is 17.2. The zero-order valence-electron chi connectivity index (χ0n) is 14.3. The fourth-order valence-corrected chi connectivity index (χ4v) is 3.25. The Morgan fingerprint density at radius 3 is 2.88 bits per heavy atom. The molecular formula is C19H23N3O3. The molecule has 25 heavy (non-hydrogen) atoms. The molecule has 6 heteroatoms. The fraction of sp³-hybridized carbons (Fsp3) is 0.368. The Kier molecular flexibility index (Phi) is 5.50. The number of carboxylic acid groups (broad SMARTS) is 1. The number of benzene rings is 1. The number of hydrogen-bond donors (Lipinski definition) is 2. The van der Waals surface area contributed by atoms with Crippen molar-refractivity contribution in [1.82, 2.24) is 9.88 Å². The number of nitrogens with zero attached hydrogens (tertiary/aromatic N) is 2. The molecule has 0 radical (unpaired) electrons. The number of nitrogens with one attached hydrogen (secondary N) is 1. The van der Waals surface area contributed by atoms with Crippen LogP contribution in [0.3, 0.4) is 0 Å². The van der Waals surface area contributed by atoms with E-state index in [0.717, 1.165) is 25.3 Å². The van der Waals surface area contributed by atoms with Crippen LogP contribution in [0.5, 0.6) is 5.75 Å². The first-order valence-electron chi connectivity index (χ1n) is 8.47. The van der Waals surface area contributed by atoms with Gasteiger partial charge in [-0.1, -0.05) is 12.1 Å². The zero-order chi connectivity index (χ0) is 17.6. The van der Waals surface area contributed by atoms with Crippen molar-refractivity contribution in [3.8, 4) is 5.75 Å². The number of carbonyl (C=O) groups is 1. The lowest BCUT2D eigenvalue weighted by Crippen LogP contribution is -2.22. The summed E-state index contributed by atoms with van der Waals surface area (Å²) in [5.74, 6) is 0.503. The maximum Gasteiger partial charge on any atom is 0.341 e. The van der Waals surface area contributed by atoms with Crippen molar-refractivity contribution in [3.63, 3.8) is 0 Å². The van der Waals surface area contributed by atoms with Crippen LogP contribution in [-0.2, 0) is 11.3 Å². The molecule has 1 fully saturated rings. The topological polar surface area (TPSA) is 74.7 Å². The number of hydrogen-bond acceptors (Lipinski definition) is 5. The van der Waals surface area contributed by atoms with E-state index in [4.69, 9.17) is 9.84 Å². The Morgan fingerprint density at radius 2 is 2.16 bits per heavy atom. The lowest BCUT2D eigenvalue weighted by molar-refractivity contribution is -0.139. The molecule has 2 heterocycles. The fourth-order valence-electron chi connectivity index (χ4n) is 3.25. The number of anilines is 1. The van der Waals surface area contributed by atoms with Crippen LogP contribution in [0.1, 0.15) is 30.0 Å². The molecule has 2 aromatic rings. The van der Waals surface area contributed by atoms with Crippen LogP contribution in [0.4, 0.5) is 5.82 Å². The number of likely N-dealkylation sites (tertiary alicyclic amines) is 1. The number of aromatic nitrogens is 1. The van der Waals surface area contributed by atoms with E-state index >= 15 is 0 Å². The maximum absolute atomic E-state index is 10.5. The summed E-state index contributed by atoms with van der Waals surface area (Å²) in [5.41, 5.74) is 2.48. The molecule has 3 rings (SSSR count). The van der Waals surface area contributed by atoms with Crippen LogP contribution >= 0.6 is 0 Å². The summed E-state index contributed by atoms with van der Waals surface area (Å²) in [6.07, 6.45) is 4.18. The van der Waals surface area contributed by atoms with Crippen LogP contribution in [0.2, 0.25) is 0 Å². The van der Waals surface area contributed by atoms with Crippen molar-refractivity contribution in [3.05, 3.63) is 53.7 Å². The van der Waals surface area contributed by atoms with E-state index in [1.165, 1.54) is 17.5 Å². The summed E-state index contributed by atoms with van der Waals surface area (Å²) < 4.78 is 5.18. The third-order valence-corrected chi connectivity index (χ3v) is 4.46. The normalized spacial score (nSPS) is 17.4. The molecular weight excluding hydrogens is 318 g/mol. The van der Waals surface area contributed by atoms with Gasteiger partial charge in [0.15, 0.2) is 6.61 Å². The van der Waals surface area contributed by atoms with Gasteiger partial charge in [-0.15, -0.1) is 0 Å². The van der Waals surface area contributed by atoms with Crippen molar-refractivity contribution in [2.24, 2.45) is 0 Å². The van der Waals surface area contributed by atoms with Crippen molar-refractivity contribution >= 4 is 11.8 Å². The highest BCUT2D eigenvalue weighted by atomic mass is 16.5. The van der Waals surface area contributed by atoms with E-state index < -0.39 is 5.97 Å². The molecule has 0 saturated carbocycles. The van der Waals surface area contributed by atoms with E-state index in [2.05, 4.69) is 27.3 Å². The standard InChI is InChI=1S/C19H23N3O3/c1-20-18-11-15(8-9-21-18)17-3-2-10-22(17)12-14-4-6-16(7-5-14)25-13-19(23)24/h4-9,11,17H,2-3,10,12-13H2,1H3,(H,20,21)(H,23,24). The van der Waals surface area contributed by atoms with Gasteiger partial charge in [0.05, 0.1) is 0 Å².